The number of benzene rings is 1. The molecule has 0 bridgehead atoms. The van der Waals surface area contributed by atoms with Crippen LogP contribution in [0.3, 0.4) is 0 Å². The molecule has 1 unspecified atom stereocenters. The molecule has 0 aliphatic rings. The fourth-order valence-electron chi connectivity index (χ4n) is 1.77. The Bertz CT molecular complexity index is 615. The molecule has 0 amide bonds. The molecule has 0 saturated heterocycles. The highest BCUT2D eigenvalue weighted by atomic mass is 32.2. The van der Waals surface area contributed by atoms with Gasteiger partial charge in [-0.1, -0.05) is 18.2 Å². The van der Waals surface area contributed by atoms with Crippen LogP contribution in [0.5, 0.6) is 0 Å². The van der Waals surface area contributed by atoms with Crippen molar-refractivity contribution in [2.45, 2.75) is 17.1 Å². The van der Waals surface area contributed by atoms with Crippen molar-refractivity contribution in [1.29, 1.82) is 0 Å². The second kappa shape index (κ2) is 5.22. The third-order valence-corrected chi connectivity index (χ3v) is 5.92. The van der Waals surface area contributed by atoms with Gasteiger partial charge >= 0.3 is 0 Å². The van der Waals surface area contributed by atoms with Crippen LogP contribution in [0.25, 0.3) is 0 Å². The Balaban J connectivity index is 2.47. The van der Waals surface area contributed by atoms with E-state index in [-0.39, 0.29) is 4.90 Å². The normalized spacial score (nSPS) is 13.4. The van der Waals surface area contributed by atoms with Gasteiger partial charge in [0.2, 0.25) is 0 Å². The molecule has 0 aliphatic heterocycles. The fourth-order valence-corrected chi connectivity index (χ4v) is 4.54. The summed E-state index contributed by atoms with van der Waals surface area (Å²) in [5.74, 6) is 0. The average Bonchev–Trinajstić information content (AvgIpc) is 2.83. The molecule has 0 fully saturated rings. The monoisotopic (exact) mass is 282 g/mol. The molecule has 18 heavy (non-hydrogen) atoms. The molecular formula is C13H14O3S2. The summed E-state index contributed by atoms with van der Waals surface area (Å²) in [6.45, 7) is 1.44. The summed E-state index contributed by atoms with van der Waals surface area (Å²) >= 11 is 1.34. The highest BCUT2D eigenvalue weighted by Gasteiger charge is 2.29. The summed E-state index contributed by atoms with van der Waals surface area (Å²) in [5, 5.41) is 10.3. The van der Waals surface area contributed by atoms with Crippen molar-refractivity contribution in [3.8, 4) is 0 Å². The van der Waals surface area contributed by atoms with Crippen molar-refractivity contribution in [3.63, 3.8) is 0 Å². The van der Waals surface area contributed by atoms with Gasteiger partial charge in [0.25, 0.3) is 0 Å². The Morgan fingerprint density at radius 1 is 1.28 bits per heavy atom. The van der Waals surface area contributed by atoms with Crippen LogP contribution in [0, 0.1) is 6.92 Å². The number of hydrogen-bond acceptors (Lipinski definition) is 4. The van der Waals surface area contributed by atoms with E-state index in [4.69, 9.17) is 0 Å². The topological polar surface area (TPSA) is 54.4 Å². The zero-order chi connectivity index (χ0) is 13.2. The Kier molecular flexibility index (Phi) is 3.85. The number of aliphatic hydroxyl groups excluding tert-OH is 1. The van der Waals surface area contributed by atoms with Crippen LogP contribution in [0.4, 0.5) is 0 Å². The second-order valence-electron chi connectivity index (χ2n) is 4.05. The Hall–Kier alpha value is -1.17. The lowest BCUT2D eigenvalue weighted by Crippen LogP contribution is -2.16. The molecular weight excluding hydrogens is 268 g/mol. The number of aliphatic hydroxyl groups is 1. The quantitative estimate of drug-likeness (QED) is 0.937. The van der Waals surface area contributed by atoms with Gasteiger partial charge in [0, 0.05) is 4.88 Å². The molecule has 2 rings (SSSR count). The van der Waals surface area contributed by atoms with E-state index in [0.29, 0.717) is 4.88 Å². The molecule has 0 radical (unpaired) electrons. The molecule has 0 spiro atoms. The lowest BCUT2D eigenvalue weighted by Gasteiger charge is -2.14. The predicted octanol–water partition coefficient (Wildman–Crippen LogP) is 2.56. The summed E-state index contributed by atoms with van der Waals surface area (Å²) in [6, 6.07) is 10.3. The molecule has 1 atom stereocenters. The third kappa shape index (κ3) is 2.48. The van der Waals surface area contributed by atoms with Crippen molar-refractivity contribution in [3.05, 3.63) is 52.2 Å². The third-order valence-electron chi connectivity index (χ3n) is 2.72. The smallest absolute Gasteiger partial charge is 0.188 e. The number of aryl methyl sites for hydroxylation is 1. The van der Waals surface area contributed by atoms with Crippen molar-refractivity contribution < 1.29 is 13.5 Å². The fraction of sp³-hybridized carbons (Fsp3) is 0.231. The van der Waals surface area contributed by atoms with Crippen LogP contribution in [0.2, 0.25) is 0 Å². The number of rotatable bonds is 4. The van der Waals surface area contributed by atoms with Gasteiger partial charge in [-0.05, 0) is 36.1 Å². The molecule has 96 valence electrons. The van der Waals surface area contributed by atoms with E-state index in [1.807, 2.05) is 18.4 Å². The first-order valence-electron chi connectivity index (χ1n) is 5.50. The maximum absolute atomic E-state index is 12.5. The van der Waals surface area contributed by atoms with E-state index in [0.717, 1.165) is 5.56 Å². The van der Waals surface area contributed by atoms with Gasteiger partial charge in [0.15, 0.2) is 9.84 Å². The highest BCUT2D eigenvalue weighted by molar-refractivity contribution is 7.91. The van der Waals surface area contributed by atoms with Gasteiger partial charge in [-0.2, -0.15) is 0 Å². The second-order valence-corrected chi connectivity index (χ2v) is 7.16. The van der Waals surface area contributed by atoms with Crippen LogP contribution in [-0.4, -0.2) is 20.1 Å². The zero-order valence-corrected chi connectivity index (χ0v) is 11.5. The summed E-state index contributed by atoms with van der Waals surface area (Å²) in [4.78, 5) is 0.925. The maximum Gasteiger partial charge on any atom is 0.188 e. The van der Waals surface area contributed by atoms with Crippen molar-refractivity contribution in [2.24, 2.45) is 0 Å². The van der Waals surface area contributed by atoms with E-state index in [2.05, 4.69) is 0 Å². The molecule has 5 heteroatoms. The number of sulfone groups is 1. The van der Waals surface area contributed by atoms with E-state index in [1.54, 1.807) is 30.3 Å². The van der Waals surface area contributed by atoms with Crippen LogP contribution in [-0.2, 0) is 9.84 Å². The Labute approximate surface area is 111 Å². The first kappa shape index (κ1) is 13.3. The van der Waals surface area contributed by atoms with Crippen molar-refractivity contribution >= 4 is 21.2 Å². The summed E-state index contributed by atoms with van der Waals surface area (Å²) in [5.41, 5.74) is 0.888. The summed E-state index contributed by atoms with van der Waals surface area (Å²) in [6.07, 6.45) is 0. The number of hydrogen-bond donors (Lipinski definition) is 1. The van der Waals surface area contributed by atoms with Crippen LogP contribution < -0.4 is 0 Å². The lowest BCUT2D eigenvalue weighted by atomic mass is 10.2. The van der Waals surface area contributed by atoms with Crippen molar-refractivity contribution in [2.75, 3.05) is 6.61 Å². The Morgan fingerprint density at radius 2 is 2.06 bits per heavy atom. The van der Waals surface area contributed by atoms with Crippen LogP contribution in [0.1, 0.15) is 15.7 Å². The minimum Gasteiger partial charge on any atom is -0.395 e. The first-order chi connectivity index (χ1) is 8.55. The average molecular weight is 282 g/mol. The molecule has 1 aromatic carbocycles. The minimum absolute atomic E-state index is 0.259. The van der Waals surface area contributed by atoms with Crippen LogP contribution >= 0.6 is 11.3 Å². The van der Waals surface area contributed by atoms with Gasteiger partial charge in [0.1, 0.15) is 5.25 Å². The molecule has 3 nitrogen and oxygen atoms in total. The van der Waals surface area contributed by atoms with Gasteiger partial charge in [-0.25, -0.2) is 8.42 Å². The van der Waals surface area contributed by atoms with Gasteiger partial charge in [0.05, 0.1) is 11.5 Å². The molecule has 1 N–H and O–H groups in total. The largest absolute Gasteiger partial charge is 0.395 e. The van der Waals surface area contributed by atoms with Crippen LogP contribution in [0.15, 0.2) is 46.7 Å². The molecule has 0 saturated carbocycles. The molecule has 2 aromatic rings. The number of thiophene rings is 1. The van der Waals surface area contributed by atoms with Gasteiger partial charge in [-0.15, -0.1) is 11.3 Å². The summed E-state index contributed by atoms with van der Waals surface area (Å²) < 4.78 is 24.9. The SMILES string of the molecule is Cc1cccc(S(=O)(=O)C(CO)c2cccs2)c1. The lowest BCUT2D eigenvalue weighted by molar-refractivity contribution is 0.292. The maximum atomic E-state index is 12.5. The summed E-state index contributed by atoms with van der Waals surface area (Å²) in [7, 11) is -3.54. The van der Waals surface area contributed by atoms with E-state index < -0.39 is 21.7 Å². The zero-order valence-electron chi connectivity index (χ0n) is 9.91. The van der Waals surface area contributed by atoms with Crippen molar-refractivity contribution in [1.82, 2.24) is 0 Å². The highest BCUT2D eigenvalue weighted by Crippen LogP contribution is 2.31. The molecule has 1 aromatic heterocycles. The molecule has 1 heterocycles. The Morgan fingerprint density at radius 3 is 2.61 bits per heavy atom. The standard InChI is InChI=1S/C13H14O3S2/c1-10-4-2-5-11(8-10)18(15,16)13(9-14)12-6-3-7-17-12/h2-8,13-14H,9H2,1H3. The van der Waals surface area contributed by atoms with Gasteiger partial charge < -0.3 is 5.11 Å². The predicted molar refractivity (Wildman–Crippen MR) is 72.5 cm³/mol. The van der Waals surface area contributed by atoms with E-state index in [1.165, 1.54) is 11.3 Å². The minimum atomic E-state index is -3.54. The van der Waals surface area contributed by atoms with E-state index >= 15 is 0 Å². The van der Waals surface area contributed by atoms with E-state index in [9.17, 15) is 13.5 Å². The first-order valence-corrected chi connectivity index (χ1v) is 7.93. The van der Waals surface area contributed by atoms with Gasteiger partial charge in [-0.3, -0.25) is 0 Å². The molecule has 0 aliphatic carbocycles.